The summed E-state index contributed by atoms with van der Waals surface area (Å²) in [7, 11) is 0. The minimum Gasteiger partial charge on any atom is -0.466 e. The molecule has 4 rings (SSSR count). The SMILES string of the molecule is CC(=O)OCC1CCC(c2ccc(-c3cnc(Nc4cccc(F)c4)nc3)cc2)CC1. The number of aromatic nitrogens is 2. The van der Waals surface area contributed by atoms with Crippen molar-refractivity contribution in [3.8, 4) is 11.1 Å². The molecule has 6 heteroatoms. The summed E-state index contributed by atoms with van der Waals surface area (Å²) >= 11 is 0. The topological polar surface area (TPSA) is 64.1 Å². The van der Waals surface area contributed by atoms with E-state index in [-0.39, 0.29) is 11.8 Å². The highest BCUT2D eigenvalue weighted by molar-refractivity contribution is 5.66. The van der Waals surface area contributed by atoms with Crippen molar-refractivity contribution >= 4 is 17.6 Å². The van der Waals surface area contributed by atoms with E-state index >= 15 is 0 Å². The van der Waals surface area contributed by atoms with Crippen molar-refractivity contribution in [1.29, 1.82) is 0 Å². The third-order valence-corrected chi connectivity index (χ3v) is 5.82. The molecule has 1 aromatic heterocycles. The number of ether oxygens (including phenoxy) is 1. The number of esters is 1. The van der Waals surface area contributed by atoms with Crippen LogP contribution >= 0.6 is 0 Å². The minimum absolute atomic E-state index is 0.195. The van der Waals surface area contributed by atoms with E-state index in [9.17, 15) is 9.18 Å². The van der Waals surface area contributed by atoms with Crippen LogP contribution in [-0.2, 0) is 9.53 Å². The monoisotopic (exact) mass is 419 g/mol. The quantitative estimate of drug-likeness (QED) is 0.507. The molecule has 3 aromatic rings. The lowest BCUT2D eigenvalue weighted by molar-refractivity contribution is -0.142. The Kier molecular flexibility index (Phi) is 6.55. The molecule has 31 heavy (non-hydrogen) atoms. The number of carbonyl (C=O) groups is 1. The number of hydrogen-bond acceptors (Lipinski definition) is 5. The standard InChI is InChI=1S/C25H26FN3O2/c1-17(30)31-16-18-5-7-19(8-6-18)20-9-11-21(12-10-20)22-14-27-25(28-15-22)29-24-4-2-3-23(26)13-24/h2-4,9-15,18-19H,5-8,16H2,1H3,(H,27,28,29). The van der Waals surface area contributed by atoms with Gasteiger partial charge < -0.3 is 10.1 Å². The van der Waals surface area contributed by atoms with Crippen molar-refractivity contribution in [2.24, 2.45) is 5.92 Å². The lowest BCUT2D eigenvalue weighted by atomic mass is 9.79. The normalized spacial score (nSPS) is 18.4. The first-order valence-electron chi connectivity index (χ1n) is 10.6. The van der Waals surface area contributed by atoms with Gasteiger partial charge in [0, 0.05) is 30.6 Å². The Balaban J connectivity index is 1.34. The molecule has 5 nitrogen and oxygen atoms in total. The third-order valence-electron chi connectivity index (χ3n) is 5.82. The van der Waals surface area contributed by atoms with Crippen LogP contribution in [0, 0.1) is 11.7 Å². The van der Waals surface area contributed by atoms with E-state index in [0.29, 0.717) is 30.1 Å². The van der Waals surface area contributed by atoms with E-state index < -0.39 is 0 Å². The van der Waals surface area contributed by atoms with E-state index in [1.54, 1.807) is 24.5 Å². The lowest BCUT2D eigenvalue weighted by Crippen LogP contribution is -2.19. The Morgan fingerprint density at radius 3 is 2.39 bits per heavy atom. The predicted molar refractivity (Wildman–Crippen MR) is 118 cm³/mol. The van der Waals surface area contributed by atoms with Gasteiger partial charge in [-0.3, -0.25) is 4.79 Å². The summed E-state index contributed by atoms with van der Waals surface area (Å²) in [6.45, 7) is 2.01. The van der Waals surface area contributed by atoms with Crippen molar-refractivity contribution in [2.75, 3.05) is 11.9 Å². The van der Waals surface area contributed by atoms with Crippen molar-refractivity contribution < 1.29 is 13.9 Å². The third kappa shape index (κ3) is 5.66. The average molecular weight is 420 g/mol. The highest BCUT2D eigenvalue weighted by atomic mass is 19.1. The van der Waals surface area contributed by atoms with Gasteiger partial charge in [-0.15, -0.1) is 0 Å². The fraction of sp³-hybridized carbons (Fsp3) is 0.320. The molecule has 1 fully saturated rings. The minimum atomic E-state index is -0.306. The Morgan fingerprint density at radius 2 is 1.74 bits per heavy atom. The maximum absolute atomic E-state index is 13.3. The highest BCUT2D eigenvalue weighted by Gasteiger charge is 2.23. The summed E-state index contributed by atoms with van der Waals surface area (Å²) in [6.07, 6.45) is 7.96. The summed E-state index contributed by atoms with van der Waals surface area (Å²) < 4.78 is 18.5. The first-order valence-corrected chi connectivity index (χ1v) is 10.6. The Hall–Kier alpha value is -3.28. The second kappa shape index (κ2) is 9.69. The van der Waals surface area contributed by atoms with Crippen LogP contribution in [0.4, 0.5) is 16.0 Å². The van der Waals surface area contributed by atoms with Gasteiger partial charge in [0.1, 0.15) is 5.82 Å². The van der Waals surface area contributed by atoms with Crippen LogP contribution in [0.5, 0.6) is 0 Å². The molecule has 1 aliphatic carbocycles. The van der Waals surface area contributed by atoms with Crippen LogP contribution < -0.4 is 5.32 Å². The van der Waals surface area contributed by atoms with Gasteiger partial charge in [-0.1, -0.05) is 30.3 Å². The summed E-state index contributed by atoms with van der Waals surface area (Å²) in [5.41, 5.74) is 3.95. The number of rotatable bonds is 6. The van der Waals surface area contributed by atoms with Crippen LogP contribution in [0.2, 0.25) is 0 Å². The molecule has 1 N–H and O–H groups in total. The molecule has 0 bridgehead atoms. The fourth-order valence-electron chi connectivity index (χ4n) is 4.08. The maximum atomic E-state index is 13.3. The number of benzene rings is 2. The first kappa shape index (κ1) is 21.0. The molecular weight excluding hydrogens is 393 g/mol. The van der Waals surface area contributed by atoms with Crippen LogP contribution in [0.15, 0.2) is 60.9 Å². The Morgan fingerprint density at radius 1 is 1.03 bits per heavy atom. The van der Waals surface area contributed by atoms with Crippen LogP contribution in [-0.4, -0.2) is 22.5 Å². The Bertz CT molecular complexity index is 1010. The molecule has 2 aromatic carbocycles. The van der Waals surface area contributed by atoms with Crippen LogP contribution in [0.3, 0.4) is 0 Å². The van der Waals surface area contributed by atoms with Crippen LogP contribution in [0.1, 0.15) is 44.1 Å². The number of nitrogens with one attached hydrogen (secondary N) is 1. The number of carbonyl (C=O) groups excluding carboxylic acids is 1. The second-order valence-electron chi connectivity index (χ2n) is 8.07. The molecule has 0 aliphatic heterocycles. The predicted octanol–water partition coefficient (Wildman–Crippen LogP) is 5.86. The number of nitrogens with zero attached hydrogens (tertiary/aromatic N) is 2. The second-order valence-corrected chi connectivity index (χ2v) is 8.07. The van der Waals surface area contributed by atoms with Crippen molar-refractivity contribution in [3.63, 3.8) is 0 Å². The van der Waals surface area contributed by atoms with Gasteiger partial charge in [0.25, 0.3) is 0 Å². The van der Waals surface area contributed by atoms with Gasteiger partial charge in [0.2, 0.25) is 5.95 Å². The van der Waals surface area contributed by atoms with Gasteiger partial charge in [-0.2, -0.15) is 0 Å². The molecule has 160 valence electrons. The van der Waals surface area contributed by atoms with Gasteiger partial charge >= 0.3 is 5.97 Å². The maximum Gasteiger partial charge on any atom is 0.302 e. The molecule has 0 saturated heterocycles. The smallest absolute Gasteiger partial charge is 0.302 e. The first-order chi connectivity index (χ1) is 15.1. The Labute approximate surface area is 181 Å². The van der Waals surface area contributed by atoms with E-state index in [4.69, 9.17) is 4.74 Å². The van der Waals surface area contributed by atoms with Gasteiger partial charge in [0.15, 0.2) is 0 Å². The molecule has 0 atom stereocenters. The zero-order chi connectivity index (χ0) is 21.6. The molecule has 1 aliphatic rings. The zero-order valence-corrected chi connectivity index (χ0v) is 17.6. The highest BCUT2D eigenvalue weighted by Crippen LogP contribution is 2.36. The summed E-state index contributed by atoms with van der Waals surface area (Å²) in [5.74, 6) is 0.961. The molecule has 0 radical (unpaired) electrons. The lowest BCUT2D eigenvalue weighted by Gasteiger charge is -2.28. The summed E-state index contributed by atoms with van der Waals surface area (Å²) in [4.78, 5) is 19.7. The van der Waals surface area contributed by atoms with Crippen molar-refractivity contribution in [1.82, 2.24) is 9.97 Å². The number of halogens is 1. The van der Waals surface area contributed by atoms with Crippen molar-refractivity contribution in [3.05, 3.63) is 72.3 Å². The molecule has 0 amide bonds. The van der Waals surface area contributed by atoms with E-state index in [1.165, 1.54) is 24.6 Å². The molecule has 1 heterocycles. The average Bonchev–Trinajstić information content (AvgIpc) is 2.79. The molecule has 0 unspecified atom stereocenters. The summed E-state index contributed by atoms with van der Waals surface area (Å²) in [6, 6.07) is 14.8. The van der Waals surface area contributed by atoms with E-state index in [2.05, 4.69) is 39.6 Å². The van der Waals surface area contributed by atoms with E-state index in [0.717, 1.165) is 36.8 Å². The number of anilines is 2. The van der Waals surface area contributed by atoms with Crippen LogP contribution in [0.25, 0.3) is 11.1 Å². The molecular formula is C25H26FN3O2. The zero-order valence-electron chi connectivity index (χ0n) is 17.6. The fourth-order valence-corrected chi connectivity index (χ4v) is 4.08. The summed E-state index contributed by atoms with van der Waals surface area (Å²) in [5, 5.41) is 3.00. The van der Waals surface area contributed by atoms with Gasteiger partial charge in [0.05, 0.1) is 6.61 Å². The van der Waals surface area contributed by atoms with Gasteiger partial charge in [-0.25, -0.2) is 14.4 Å². The molecule has 0 spiro atoms. The largest absolute Gasteiger partial charge is 0.466 e. The molecule has 1 saturated carbocycles. The van der Waals surface area contributed by atoms with Gasteiger partial charge in [-0.05, 0) is 66.8 Å². The van der Waals surface area contributed by atoms with Crippen molar-refractivity contribution in [2.45, 2.75) is 38.5 Å². The van der Waals surface area contributed by atoms with E-state index in [1.807, 2.05) is 0 Å². The number of hydrogen-bond donors (Lipinski definition) is 1.